The predicted molar refractivity (Wildman–Crippen MR) is 104 cm³/mol. The molecule has 1 amide bonds. The first-order valence-electron chi connectivity index (χ1n) is 9.17. The average Bonchev–Trinajstić information content (AvgIpc) is 2.67. The third-order valence-electron chi connectivity index (χ3n) is 4.97. The maximum Gasteiger partial charge on any atom is 0.270 e. The molecule has 2 N–H and O–H groups in total. The number of nitro groups is 1. The molecule has 6 nitrogen and oxygen atoms in total. The molecule has 0 aromatic heterocycles. The van der Waals surface area contributed by atoms with Gasteiger partial charge in [0.05, 0.1) is 28.6 Å². The molecule has 2 aromatic rings. The minimum Gasteiger partial charge on any atom is -0.348 e. The van der Waals surface area contributed by atoms with Gasteiger partial charge < -0.3 is 10.2 Å². The van der Waals surface area contributed by atoms with Crippen molar-refractivity contribution in [1.82, 2.24) is 5.32 Å². The summed E-state index contributed by atoms with van der Waals surface area (Å²) < 4.78 is 0. The number of halogens is 1. The molecule has 7 heteroatoms. The predicted octanol–water partition coefficient (Wildman–Crippen LogP) is 2.75. The maximum absolute atomic E-state index is 12.5. The highest BCUT2D eigenvalue weighted by Crippen LogP contribution is 2.22. The molecule has 3 rings (SSSR count). The van der Waals surface area contributed by atoms with Gasteiger partial charge in [0, 0.05) is 24.2 Å². The van der Waals surface area contributed by atoms with Crippen LogP contribution >= 0.6 is 11.6 Å². The molecule has 1 aliphatic heterocycles. The SMILES string of the molecule is O=C(NCc1ccccc1C[NH+]1CCCCC1)c1ccc([N+](=O)[O-])cc1Cl. The quantitative estimate of drug-likeness (QED) is 0.590. The molecule has 0 aliphatic carbocycles. The summed E-state index contributed by atoms with van der Waals surface area (Å²) in [5, 5.41) is 13.7. The van der Waals surface area contributed by atoms with E-state index >= 15 is 0 Å². The highest BCUT2D eigenvalue weighted by atomic mass is 35.5. The fourth-order valence-corrected chi connectivity index (χ4v) is 3.73. The molecule has 2 aromatic carbocycles. The Labute approximate surface area is 163 Å². The zero-order chi connectivity index (χ0) is 19.2. The second-order valence-corrected chi connectivity index (χ2v) is 7.27. The lowest BCUT2D eigenvalue weighted by atomic mass is 10.0. The van der Waals surface area contributed by atoms with Gasteiger partial charge >= 0.3 is 0 Å². The molecule has 0 unspecified atom stereocenters. The summed E-state index contributed by atoms with van der Waals surface area (Å²) in [4.78, 5) is 24.3. The van der Waals surface area contributed by atoms with E-state index in [2.05, 4.69) is 11.4 Å². The van der Waals surface area contributed by atoms with Gasteiger partial charge in [-0.25, -0.2) is 0 Å². The first-order valence-corrected chi connectivity index (χ1v) is 9.55. The smallest absolute Gasteiger partial charge is 0.270 e. The van der Waals surface area contributed by atoms with Gasteiger partial charge in [0.1, 0.15) is 6.54 Å². The molecule has 27 heavy (non-hydrogen) atoms. The Kier molecular flexibility index (Phi) is 6.42. The standard InChI is InChI=1S/C20H22ClN3O3/c21-19-12-17(24(26)27)8-9-18(19)20(25)22-13-15-6-2-3-7-16(15)14-23-10-4-1-5-11-23/h2-3,6-9,12H,1,4-5,10-11,13-14H2,(H,22,25)/p+1. The van der Waals surface area contributed by atoms with Crippen LogP contribution in [0.5, 0.6) is 0 Å². The van der Waals surface area contributed by atoms with E-state index in [0.717, 1.165) is 12.1 Å². The van der Waals surface area contributed by atoms with E-state index in [1.807, 2.05) is 18.2 Å². The minimum atomic E-state index is -0.535. The largest absolute Gasteiger partial charge is 0.348 e. The molecule has 1 aliphatic rings. The van der Waals surface area contributed by atoms with Crippen LogP contribution in [-0.4, -0.2) is 23.9 Å². The highest BCUT2D eigenvalue weighted by molar-refractivity contribution is 6.34. The first-order chi connectivity index (χ1) is 13.0. The fraction of sp³-hybridized carbons (Fsp3) is 0.350. The van der Waals surface area contributed by atoms with Crippen molar-refractivity contribution >= 4 is 23.2 Å². The Balaban J connectivity index is 1.66. The minimum absolute atomic E-state index is 0.0766. The number of benzene rings is 2. The summed E-state index contributed by atoms with van der Waals surface area (Å²) in [6.45, 7) is 3.75. The second kappa shape index (κ2) is 8.97. The highest BCUT2D eigenvalue weighted by Gasteiger charge is 2.17. The summed E-state index contributed by atoms with van der Waals surface area (Å²) in [6.07, 6.45) is 3.86. The zero-order valence-corrected chi connectivity index (χ0v) is 15.8. The molecule has 0 bridgehead atoms. The van der Waals surface area contributed by atoms with Crippen LogP contribution in [-0.2, 0) is 13.1 Å². The van der Waals surface area contributed by atoms with Crippen molar-refractivity contribution in [1.29, 1.82) is 0 Å². The molecule has 0 atom stereocenters. The normalized spacial score (nSPS) is 14.7. The van der Waals surface area contributed by atoms with Crippen molar-refractivity contribution in [2.75, 3.05) is 13.1 Å². The summed E-state index contributed by atoms with van der Waals surface area (Å²) in [7, 11) is 0. The number of likely N-dealkylation sites (tertiary alicyclic amines) is 1. The van der Waals surface area contributed by atoms with Crippen molar-refractivity contribution in [2.45, 2.75) is 32.4 Å². The van der Waals surface area contributed by atoms with Gasteiger partial charge in [0.25, 0.3) is 11.6 Å². The number of non-ortho nitro benzene ring substituents is 1. The fourth-order valence-electron chi connectivity index (χ4n) is 3.47. The van der Waals surface area contributed by atoms with Crippen molar-refractivity contribution in [3.8, 4) is 0 Å². The molecule has 1 heterocycles. The van der Waals surface area contributed by atoms with E-state index in [1.54, 1.807) is 4.90 Å². The van der Waals surface area contributed by atoms with Crippen LogP contribution < -0.4 is 10.2 Å². The van der Waals surface area contributed by atoms with E-state index in [1.165, 1.54) is 56.1 Å². The van der Waals surface area contributed by atoms with Crippen LogP contribution in [0.4, 0.5) is 5.69 Å². The zero-order valence-electron chi connectivity index (χ0n) is 15.0. The van der Waals surface area contributed by atoms with Crippen molar-refractivity contribution in [3.63, 3.8) is 0 Å². The number of rotatable bonds is 6. The number of amides is 1. The Hall–Kier alpha value is -2.44. The maximum atomic E-state index is 12.5. The number of carbonyl (C=O) groups is 1. The number of hydrogen-bond acceptors (Lipinski definition) is 3. The Morgan fingerprint density at radius 2 is 1.81 bits per heavy atom. The van der Waals surface area contributed by atoms with Gasteiger partial charge in [0.15, 0.2) is 0 Å². The van der Waals surface area contributed by atoms with E-state index < -0.39 is 4.92 Å². The lowest BCUT2D eigenvalue weighted by molar-refractivity contribution is -0.918. The van der Waals surface area contributed by atoms with Crippen molar-refractivity contribution in [2.24, 2.45) is 0 Å². The van der Waals surface area contributed by atoms with Gasteiger partial charge in [-0.1, -0.05) is 35.9 Å². The van der Waals surface area contributed by atoms with Gasteiger partial charge in [0.2, 0.25) is 0 Å². The molecule has 0 radical (unpaired) electrons. The van der Waals surface area contributed by atoms with Crippen molar-refractivity contribution < 1.29 is 14.6 Å². The third-order valence-corrected chi connectivity index (χ3v) is 5.28. The molecular formula is C20H23ClN3O3+. The number of nitrogens with one attached hydrogen (secondary N) is 2. The number of piperidine rings is 1. The summed E-state index contributed by atoms with van der Waals surface area (Å²) >= 11 is 6.04. The first kappa shape index (κ1) is 19.3. The molecular weight excluding hydrogens is 366 g/mol. The lowest BCUT2D eigenvalue weighted by Gasteiger charge is -2.24. The summed E-state index contributed by atoms with van der Waals surface area (Å²) in [5.41, 5.74) is 2.43. The van der Waals surface area contributed by atoms with Crippen LogP contribution in [0, 0.1) is 10.1 Å². The number of quaternary nitrogens is 1. The van der Waals surface area contributed by atoms with Gasteiger partial charge in [-0.15, -0.1) is 0 Å². The lowest BCUT2D eigenvalue weighted by Crippen LogP contribution is -3.11. The van der Waals surface area contributed by atoms with Gasteiger partial charge in [-0.3, -0.25) is 14.9 Å². The van der Waals surface area contributed by atoms with Crippen LogP contribution in [0.3, 0.4) is 0 Å². The summed E-state index contributed by atoms with van der Waals surface area (Å²) in [6, 6.07) is 12.0. The van der Waals surface area contributed by atoms with Gasteiger partial charge in [-0.2, -0.15) is 0 Å². The number of carbonyl (C=O) groups excluding carboxylic acids is 1. The average molecular weight is 389 g/mol. The molecule has 1 saturated heterocycles. The molecule has 0 spiro atoms. The van der Waals surface area contributed by atoms with Crippen LogP contribution in [0.15, 0.2) is 42.5 Å². The van der Waals surface area contributed by atoms with E-state index in [9.17, 15) is 14.9 Å². The molecule has 1 fully saturated rings. The molecule has 142 valence electrons. The van der Waals surface area contributed by atoms with Gasteiger partial charge in [-0.05, 0) is 30.9 Å². The van der Waals surface area contributed by atoms with Crippen molar-refractivity contribution in [3.05, 3.63) is 74.3 Å². The number of nitrogens with zero attached hydrogens (tertiary/aromatic N) is 1. The third kappa shape index (κ3) is 5.05. The Morgan fingerprint density at radius 3 is 2.48 bits per heavy atom. The van der Waals surface area contributed by atoms with E-state index in [4.69, 9.17) is 11.6 Å². The molecule has 0 saturated carbocycles. The van der Waals surface area contributed by atoms with E-state index in [-0.39, 0.29) is 22.2 Å². The Bertz CT molecular complexity index is 835. The number of hydrogen-bond donors (Lipinski definition) is 2. The van der Waals surface area contributed by atoms with Crippen LogP contribution in [0.1, 0.15) is 40.7 Å². The van der Waals surface area contributed by atoms with Crippen LogP contribution in [0.2, 0.25) is 5.02 Å². The van der Waals surface area contributed by atoms with Crippen LogP contribution in [0.25, 0.3) is 0 Å². The van der Waals surface area contributed by atoms with E-state index in [0.29, 0.717) is 6.54 Å². The Morgan fingerprint density at radius 1 is 1.11 bits per heavy atom. The topological polar surface area (TPSA) is 76.7 Å². The second-order valence-electron chi connectivity index (χ2n) is 6.86. The number of nitro benzene ring substituents is 1. The summed E-state index contributed by atoms with van der Waals surface area (Å²) in [5.74, 6) is -0.338. The monoisotopic (exact) mass is 388 g/mol.